The van der Waals surface area contributed by atoms with Crippen LogP contribution in [-0.4, -0.2) is 35.2 Å². The van der Waals surface area contributed by atoms with Gasteiger partial charge in [0.15, 0.2) is 6.61 Å². The third-order valence-electron chi connectivity index (χ3n) is 2.75. The first kappa shape index (κ1) is 15.9. The summed E-state index contributed by atoms with van der Waals surface area (Å²) in [7, 11) is 0. The number of non-ortho nitro benzene ring substituents is 1. The predicted molar refractivity (Wildman–Crippen MR) is 72.4 cm³/mol. The number of aliphatic hydroxyl groups is 1. The van der Waals surface area contributed by atoms with Crippen molar-refractivity contribution in [3.05, 3.63) is 34.4 Å². The molecule has 0 fully saturated rings. The number of aliphatic hydroxyl groups excluding tert-OH is 1. The molecule has 1 amide bonds. The number of nitro benzene ring substituents is 1. The molecule has 1 rings (SSSR count). The van der Waals surface area contributed by atoms with E-state index in [0.717, 1.165) is 0 Å². The van der Waals surface area contributed by atoms with E-state index in [1.807, 2.05) is 13.8 Å². The van der Waals surface area contributed by atoms with Crippen LogP contribution in [0.25, 0.3) is 0 Å². The number of rotatable bonds is 7. The molecule has 0 radical (unpaired) electrons. The zero-order chi connectivity index (χ0) is 15.1. The van der Waals surface area contributed by atoms with Crippen LogP contribution >= 0.6 is 0 Å². The molecule has 20 heavy (non-hydrogen) atoms. The lowest BCUT2D eigenvalue weighted by molar-refractivity contribution is -0.384. The number of benzene rings is 1. The van der Waals surface area contributed by atoms with Gasteiger partial charge in [-0.05, 0) is 12.0 Å². The Morgan fingerprint density at radius 3 is 2.75 bits per heavy atom. The van der Waals surface area contributed by atoms with Crippen LogP contribution in [0.4, 0.5) is 5.69 Å². The highest BCUT2D eigenvalue weighted by atomic mass is 16.6. The van der Waals surface area contributed by atoms with E-state index >= 15 is 0 Å². The Labute approximate surface area is 116 Å². The van der Waals surface area contributed by atoms with Gasteiger partial charge in [0.05, 0.1) is 23.6 Å². The molecule has 0 saturated carbocycles. The van der Waals surface area contributed by atoms with Gasteiger partial charge in [0.25, 0.3) is 11.6 Å². The molecule has 7 heteroatoms. The standard InChI is InChI=1S/C13H18N2O5/c1-9(2)12(7-16)14-13(17)8-20-11-5-3-4-10(6-11)15(18)19/h3-6,9,12,16H,7-8H2,1-2H3,(H,14,17). The van der Waals surface area contributed by atoms with Crippen molar-refractivity contribution >= 4 is 11.6 Å². The molecule has 2 N–H and O–H groups in total. The number of carbonyl (C=O) groups is 1. The Balaban J connectivity index is 2.52. The zero-order valence-corrected chi connectivity index (χ0v) is 11.4. The fraction of sp³-hybridized carbons (Fsp3) is 0.462. The van der Waals surface area contributed by atoms with Crippen molar-refractivity contribution in [2.75, 3.05) is 13.2 Å². The second-order valence-corrected chi connectivity index (χ2v) is 4.64. The van der Waals surface area contributed by atoms with E-state index in [1.54, 1.807) is 0 Å². The monoisotopic (exact) mass is 282 g/mol. The summed E-state index contributed by atoms with van der Waals surface area (Å²) in [4.78, 5) is 21.7. The topological polar surface area (TPSA) is 102 Å². The summed E-state index contributed by atoms with van der Waals surface area (Å²) in [5.41, 5.74) is -0.0988. The lowest BCUT2D eigenvalue weighted by Crippen LogP contribution is -2.43. The first-order valence-corrected chi connectivity index (χ1v) is 6.21. The molecule has 0 saturated heterocycles. The highest BCUT2D eigenvalue weighted by molar-refractivity contribution is 5.77. The van der Waals surface area contributed by atoms with Gasteiger partial charge < -0.3 is 15.2 Å². The Bertz CT molecular complexity index is 476. The minimum absolute atomic E-state index is 0.0988. The molecule has 0 bridgehead atoms. The maximum Gasteiger partial charge on any atom is 0.273 e. The number of nitrogens with one attached hydrogen (secondary N) is 1. The summed E-state index contributed by atoms with van der Waals surface area (Å²) in [6, 6.07) is 5.27. The van der Waals surface area contributed by atoms with Crippen LogP contribution in [0, 0.1) is 16.0 Å². The van der Waals surface area contributed by atoms with Crippen molar-refractivity contribution in [2.45, 2.75) is 19.9 Å². The number of amides is 1. The molecule has 1 atom stereocenters. The molecule has 0 aliphatic rings. The SMILES string of the molecule is CC(C)C(CO)NC(=O)COc1cccc([N+](=O)[O-])c1. The normalized spacial score (nSPS) is 12.0. The molecule has 110 valence electrons. The molecular formula is C13H18N2O5. The van der Waals surface area contributed by atoms with Gasteiger partial charge in [0.2, 0.25) is 0 Å². The number of hydrogen-bond donors (Lipinski definition) is 2. The van der Waals surface area contributed by atoms with E-state index < -0.39 is 4.92 Å². The summed E-state index contributed by atoms with van der Waals surface area (Å²) in [5, 5.41) is 22.3. The van der Waals surface area contributed by atoms with Crippen LogP contribution in [0.15, 0.2) is 24.3 Å². The number of nitro groups is 1. The highest BCUT2D eigenvalue weighted by Crippen LogP contribution is 2.18. The molecule has 1 aromatic carbocycles. The molecule has 7 nitrogen and oxygen atoms in total. The lowest BCUT2D eigenvalue weighted by Gasteiger charge is -2.19. The van der Waals surface area contributed by atoms with Crippen LogP contribution in [0.2, 0.25) is 0 Å². The van der Waals surface area contributed by atoms with E-state index in [1.165, 1.54) is 24.3 Å². The van der Waals surface area contributed by atoms with Gasteiger partial charge in [-0.1, -0.05) is 19.9 Å². The van der Waals surface area contributed by atoms with Crippen LogP contribution in [0.3, 0.4) is 0 Å². The van der Waals surface area contributed by atoms with Gasteiger partial charge >= 0.3 is 0 Å². The first-order valence-electron chi connectivity index (χ1n) is 6.21. The quantitative estimate of drug-likeness (QED) is 0.576. The lowest BCUT2D eigenvalue weighted by atomic mass is 10.1. The number of hydrogen-bond acceptors (Lipinski definition) is 5. The average molecular weight is 282 g/mol. The Kier molecular flexibility index (Phi) is 5.92. The van der Waals surface area contributed by atoms with Crippen LogP contribution in [0.5, 0.6) is 5.75 Å². The zero-order valence-electron chi connectivity index (χ0n) is 11.4. The average Bonchev–Trinajstić information content (AvgIpc) is 2.42. The van der Waals surface area contributed by atoms with Crippen molar-refractivity contribution in [3.63, 3.8) is 0 Å². The van der Waals surface area contributed by atoms with E-state index in [9.17, 15) is 14.9 Å². The number of nitrogens with zero attached hydrogens (tertiary/aromatic N) is 1. The minimum Gasteiger partial charge on any atom is -0.484 e. The second-order valence-electron chi connectivity index (χ2n) is 4.64. The fourth-order valence-electron chi connectivity index (χ4n) is 1.51. The predicted octanol–water partition coefficient (Wildman–Crippen LogP) is 1.11. The molecule has 0 heterocycles. The van der Waals surface area contributed by atoms with Crippen LogP contribution in [0.1, 0.15) is 13.8 Å². The van der Waals surface area contributed by atoms with Crippen molar-refractivity contribution in [3.8, 4) is 5.75 Å². The summed E-state index contributed by atoms with van der Waals surface area (Å²) < 4.78 is 5.19. The van der Waals surface area contributed by atoms with Crippen molar-refractivity contribution in [2.24, 2.45) is 5.92 Å². The van der Waals surface area contributed by atoms with E-state index in [0.29, 0.717) is 0 Å². The largest absolute Gasteiger partial charge is 0.484 e. The van der Waals surface area contributed by atoms with E-state index in [-0.39, 0.29) is 42.5 Å². The Hall–Kier alpha value is -2.15. The summed E-state index contributed by atoms with van der Waals surface area (Å²) in [6.45, 7) is 3.34. The van der Waals surface area contributed by atoms with Crippen molar-refractivity contribution in [1.82, 2.24) is 5.32 Å². The molecule has 1 aromatic rings. The maximum absolute atomic E-state index is 11.6. The van der Waals surface area contributed by atoms with Gasteiger partial charge in [0.1, 0.15) is 5.75 Å². The van der Waals surface area contributed by atoms with Crippen LogP contribution < -0.4 is 10.1 Å². The van der Waals surface area contributed by atoms with Gasteiger partial charge in [-0.2, -0.15) is 0 Å². The van der Waals surface area contributed by atoms with Crippen molar-refractivity contribution < 1.29 is 19.6 Å². The van der Waals surface area contributed by atoms with E-state index in [2.05, 4.69) is 5.32 Å². The van der Waals surface area contributed by atoms with Gasteiger partial charge in [0, 0.05) is 6.07 Å². The summed E-state index contributed by atoms with van der Waals surface area (Å²) in [6.07, 6.45) is 0. The molecule has 1 unspecified atom stereocenters. The third-order valence-corrected chi connectivity index (χ3v) is 2.75. The smallest absolute Gasteiger partial charge is 0.273 e. The first-order chi connectivity index (χ1) is 9.43. The second kappa shape index (κ2) is 7.44. The Morgan fingerprint density at radius 1 is 1.50 bits per heavy atom. The van der Waals surface area contributed by atoms with Gasteiger partial charge in [-0.15, -0.1) is 0 Å². The Morgan fingerprint density at radius 2 is 2.20 bits per heavy atom. The molecular weight excluding hydrogens is 264 g/mol. The number of carbonyl (C=O) groups excluding carboxylic acids is 1. The van der Waals surface area contributed by atoms with Gasteiger partial charge in [-0.25, -0.2) is 0 Å². The third kappa shape index (κ3) is 4.85. The molecule has 0 aliphatic carbocycles. The van der Waals surface area contributed by atoms with E-state index in [4.69, 9.17) is 9.84 Å². The van der Waals surface area contributed by atoms with Crippen molar-refractivity contribution in [1.29, 1.82) is 0 Å². The maximum atomic E-state index is 11.6. The van der Waals surface area contributed by atoms with Gasteiger partial charge in [-0.3, -0.25) is 14.9 Å². The molecule has 0 aliphatic heterocycles. The molecule has 0 spiro atoms. The summed E-state index contributed by atoms with van der Waals surface area (Å²) >= 11 is 0. The highest BCUT2D eigenvalue weighted by Gasteiger charge is 2.15. The number of ether oxygens (including phenoxy) is 1. The fourth-order valence-corrected chi connectivity index (χ4v) is 1.51. The minimum atomic E-state index is -0.534. The van der Waals surface area contributed by atoms with Crippen LogP contribution in [-0.2, 0) is 4.79 Å². The molecule has 0 aromatic heterocycles. The summed E-state index contributed by atoms with van der Waals surface area (Å²) in [5.74, 6) is -0.0366.